The molecule has 1 amide bonds. The highest BCUT2D eigenvalue weighted by atomic mass is 32.1. The fourth-order valence-corrected chi connectivity index (χ4v) is 3.65. The molecule has 3 rings (SSSR count). The quantitative estimate of drug-likeness (QED) is 0.551. The molecular formula is C22H25N3O3S. The Morgan fingerprint density at radius 1 is 1.14 bits per heavy atom. The summed E-state index contributed by atoms with van der Waals surface area (Å²) in [6.45, 7) is 2.97. The van der Waals surface area contributed by atoms with Gasteiger partial charge in [0.25, 0.3) is 5.91 Å². The average Bonchev–Trinajstić information content (AvgIpc) is 3.23. The zero-order valence-electron chi connectivity index (χ0n) is 16.8. The van der Waals surface area contributed by atoms with Crippen molar-refractivity contribution in [1.29, 1.82) is 0 Å². The first-order valence-electron chi connectivity index (χ1n) is 9.34. The second kappa shape index (κ2) is 10.0. The van der Waals surface area contributed by atoms with Crippen molar-refractivity contribution in [1.82, 2.24) is 9.88 Å². The van der Waals surface area contributed by atoms with Crippen LogP contribution in [0.15, 0.2) is 60.0 Å². The number of carbonyl (C=O) groups is 1. The molecule has 152 valence electrons. The molecule has 0 saturated heterocycles. The van der Waals surface area contributed by atoms with Gasteiger partial charge in [0.05, 0.1) is 19.8 Å². The highest BCUT2D eigenvalue weighted by Gasteiger charge is 2.24. The molecule has 0 aliphatic heterocycles. The van der Waals surface area contributed by atoms with E-state index in [0.717, 1.165) is 17.0 Å². The minimum Gasteiger partial charge on any atom is -0.497 e. The van der Waals surface area contributed by atoms with E-state index in [4.69, 9.17) is 9.47 Å². The van der Waals surface area contributed by atoms with Crippen LogP contribution in [0.4, 0.5) is 10.8 Å². The Balaban J connectivity index is 1.75. The van der Waals surface area contributed by atoms with Gasteiger partial charge in [-0.3, -0.25) is 4.79 Å². The van der Waals surface area contributed by atoms with Crippen LogP contribution in [0.1, 0.15) is 29.0 Å². The lowest BCUT2D eigenvalue weighted by atomic mass is 10.1. The van der Waals surface area contributed by atoms with Crippen molar-refractivity contribution in [3.8, 4) is 5.75 Å². The summed E-state index contributed by atoms with van der Waals surface area (Å²) in [5.41, 5.74) is 2.38. The lowest BCUT2D eigenvalue weighted by molar-refractivity contribution is 0.0611. The van der Waals surface area contributed by atoms with Gasteiger partial charge in [-0.1, -0.05) is 30.3 Å². The summed E-state index contributed by atoms with van der Waals surface area (Å²) in [7, 11) is 3.27. The molecular weight excluding hydrogens is 386 g/mol. The molecule has 0 bridgehead atoms. The van der Waals surface area contributed by atoms with Gasteiger partial charge in [0.1, 0.15) is 11.4 Å². The number of rotatable bonds is 9. The number of methoxy groups -OCH3 is 2. The van der Waals surface area contributed by atoms with Gasteiger partial charge in [0.2, 0.25) is 0 Å². The number of anilines is 2. The fourth-order valence-electron chi connectivity index (χ4n) is 2.95. The van der Waals surface area contributed by atoms with Crippen molar-refractivity contribution >= 4 is 28.1 Å². The number of amides is 1. The van der Waals surface area contributed by atoms with Crippen LogP contribution in [-0.4, -0.2) is 43.2 Å². The maximum atomic E-state index is 13.2. The highest BCUT2D eigenvalue weighted by Crippen LogP contribution is 2.26. The van der Waals surface area contributed by atoms with Gasteiger partial charge in [-0.15, -0.1) is 11.3 Å². The van der Waals surface area contributed by atoms with E-state index >= 15 is 0 Å². The van der Waals surface area contributed by atoms with E-state index < -0.39 is 0 Å². The van der Waals surface area contributed by atoms with Crippen molar-refractivity contribution in [3.05, 3.63) is 71.2 Å². The summed E-state index contributed by atoms with van der Waals surface area (Å²) in [6, 6.07) is 17.4. The molecule has 1 heterocycles. The number of ether oxygens (including phenoxy) is 2. The third kappa shape index (κ3) is 5.34. The third-order valence-corrected chi connectivity index (χ3v) is 5.37. The first-order chi connectivity index (χ1) is 14.1. The summed E-state index contributed by atoms with van der Waals surface area (Å²) in [5.74, 6) is 0.673. The summed E-state index contributed by atoms with van der Waals surface area (Å²) in [6.07, 6.45) is 0. The van der Waals surface area contributed by atoms with Gasteiger partial charge in [0.15, 0.2) is 5.13 Å². The van der Waals surface area contributed by atoms with Crippen LogP contribution >= 0.6 is 11.3 Å². The molecule has 6 nitrogen and oxygen atoms in total. The standard InChI is InChI=1S/C22H25N3O3S/c1-16(17-7-5-4-6-8-17)25(13-14-27-2)21(26)20-15-29-22(24-20)23-18-9-11-19(28-3)12-10-18/h4-12,15-16H,13-14H2,1-3H3,(H,23,24). The minimum absolute atomic E-state index is 0.0847. The molecule has 7 heteroatoms. The first kappa shape index (κ1) is 20.8. The smallest absolute Gasteiger partial charge is 0.273 e. The summed E-state index contributed by atoms with van der Waals surface area (Å²) in [5, 5.41) is 5.68. The summed E-state index contributed by atoms with van der Waals surface area (Å²) >= 11 is 1.40. The second-order valence-corrected chi connectivity index (χ2v) is 7.33. The molecule has 0 radical (unpaired) electrons. The van der Waals surface area contributed by atoms with Crippen LogP contribution in [-0.2, 0) is 4.74 Å². The van der Waals surface area contributed by atoms with Gasteiger partial charge in [-0.05, 0) is 36.8 Å². The van der Waals surface area contributed by atoms with Crippen molar-refractivity contribution in [2.75, 3.05) is 32.7 Å². The van der Waals surface area contributed by atoms with Crippen LogP contribution in [0.2, 0.25) is 0 Å². The predicted molar refractivity (Wildman–Crippen MR) is 116 cm³/mol. The maximum Gasteiger partial charge on any atom is 0.273 e. The van der Waals surface area contributed by atoms with Gasteiger partial charge in [0, 0.05) is 24.7 Å². The molecule has 0 saturated carbocycles. The Morgan fingerprint density at radius 2 is 1.86 bits per heavy atom. The van der Waals surface area contributed by atoms with Crippen LogP contribution in [0.3, 0.4) is 0 Å². The molecule has 1 unspecified atom stereocenters. The number of nitrogens with zero attached hydrogens (tertiary/aromatic N) is 2. The Labute approximate surface area is 175 Å². The van der Waals surface area contributed by atoms with E-state index in [1.807, 2.05) is 61.5 Å². The normalized spacial score (nSPS) is 11.7. The molecule has 3 aromatic rings. The molecule has 29 heavy (non-hydrogen) atoms. The number of benzene rings is 2. The van der Waals surface area contributed by atoms with E-state index in [-0.39, 0.29) is 11.9 Å². The second-order valence-electron chi connectivity index (χ2n) is 6.47. The fraction of sp³-hybridized carbons (Fsp3) is 0.273. The number of carbonyl (C=O) groups excluding carboxylic acids is 1. The molecule has 1 aromatic heterocycles. The lowest BCUT2D eigenvalue weighted by Crippen LogP contribution is -2.36. The number of thiazole rings is 1. The molecule has 2 aromatic carbocycles. The third-order valence-electron chi connectivity index (χ3n) is 4.61. The molecule has 1 N–H and O–H groups in total. The molecule has 0 aliphatic rings. The van der Waals surface area contributed by atoms with Crippen LogP contribution in [0.25, 0.3) is 0 Å². The Kier molecular flexibility index (Phi) is 7.21. The van der Waals surface area contributed by atoms with E-state index in [0.29, 0.717) is 24.0 Å². The van der Waals surface area contributed by atoms with Gasteiger partial charge < -0.3 is 19.7 Å². The lowest BCUT2D eigenvalue weighted by Gasteiger charge is -2.29. The van der Waals surface area contributed by atoms with E-state index in [1.54, 1.807) is 24.5 Å². The van der Waals surface area contributed by atoms with Crippen molar-refractivity contribution < 1.29 is 14.3 Å². The zero-order chi connectivity index (χ0) is 20.6. The van der Waals surface area contributed by atoms with Crippen molar-refractivity contribution in [2.24, 2.45) is 0 Å². The van der Waals surface area contributed by atoms with Crippen LogP contribution < -0.4 is 10.1 Å². The number of hydrogen-bond donors (Lipinski definition) is 1. The topological polar surface area (TPSA) is 63.7 Å². The number of aromatic nitrogens is 1. The van der Waals surface area contributed by atoms with E-state index in [2.05, 4.69) is 10.3 Å². The Bertz CT molecular complexity index is 913. The molecule has 0 fully saturated rings. The predicted octanol–water partition coefficient (Wildman–Crippen LogP) is 4.75. The van der Waals surface area contributed by atoms with Crippen molar-refractivity contribution in [2.45, 2.75) is 13.0 Å². The zero-order valence-corrected chi connectivity index (χ0v) is 17.6. The summed E-state index contributed by atoms with van der Waals surface area (Å²) < 4.78 is 10.4. The highest BCUT2D eigenvalue weighted by molar-refractivity contribution is 7.14. The molecule has 0 spiro atoms. The molecule has 0 aliphatic carbocycles. The first-order valence-corrected chi connectivity index (χ1v) is 10.2. The van der Waals surface area contributed by atoms with Crippen molar-refractivity contribution in [3.63, 3.8) is 0 Å². The monoisotopic (exact) mass is 411 g/mol. The molecule has 1 atom stereocenters. The summed E-state index contributed by atoms with van der Waals surface area (Å²) in [4.78, 5) is 19.5. The van der Waals surface area contributed by atoms with E-state index in [9.17, 15) is 4.79 Å². The number of hydrogen-bond acceptors (Lipinski definition) is 6. The maximum absolute atomic E-state index is 13.2. The number of nitrogens with one attached hydrogen (secondary N) is 1. The Hall–Kier alpha value is -2.90. The van der Waals surface area contributed by atoms with E-state index in [1.165, 1.54) is 11.3 Å². The van der Waals surface area contributed by atoms with Crippen LogP contribution in [0.5, 0.6) is 5.75 Å². The largest absolute Gasteiger partial charge is 0.497 e. The van der Waals surface area contributed by atoms with Gasteiger partial charge in [-0.2, -0.15) is 0 Å². The van der Waals surface area contributed by atoms with Gasteiger partial charge in [-0.25, -0.2) is 4.98 Å². The van der Waals surface area contributed by atoms with Crippen LogP contribution in [0, 0.1) is 0 Å². The minimum atomic E-state index is -0.113. The SMILES string of the molecule is COCCN(C(=O)c1csc(Nc2ccc(OC)cc2)n1)C(C)c1ccccc1. The van der Waals surface area contributed by atoms with Gasteiger partial charge >= 0.3 is 0 Å². The average molecular weight is 412 g/mol. The Morgan fingerprint density at radius 3 is 2.52 bits per heavy atom.